The highest BCUT2D eigenvalue weighted by Crippen LogP contribution is 2.31. The van der Waals surface area contributed by atoms with E-state index in [0.29, 0.717) is 25.9 Å². The quantitative estimate of drug-likeness (QED) is 0.713. The fourth-order valence-electron chi connectivity index (χ4n) is 3.52. The summed E-state index contributed by atoms with van der Waals surface area (Å²) in [5.74, 6) is -3.01. The zero-order chi connectivity index (χ0) is 17.0. The number of nitrogens with two attached hydrogens (primary N) is 1. The Morgan fingerprint density at radius 2 is 1.83 bits per heavy atom. The molecule has 0 aromatic heterocycles. The normalized spacial score (nSPS) is 26.3. The molecule has 24 heavy (non-hydrogen) atoms. The van der Waals surface area contributed by atoms with E-state index in [9.17, 15) is 22.0 Å². The minimum Gasteiger partial charge on any atom is -0.356 e. The lowest BCUT2D eigenvalue weighted by Crippen LogP contribution is -2.44. The molecule has 0 spiro atoms. The second kappa shape index (κ2) is 9.26. The minimum atomic E-state index is -4.48. The Balaban J connectivity index is 0.00000288. The number of hydrogen-bond acceptors (Lipinski definition) is 4. The van der Waals surface area contributed by atoms with Gasteiger partial charge in [0.25, 0.3) is 10.0 Å². The van der Waals surface area contributed by atoms with Crippen molar-refractivity contribution in [1.29, 1.82) is 0 Å². The molecule has 0 bridgehead atoms. The van der Waals surface area contributed by atoms with Gasteiger partial charge in [-0.2, -0.15) is 13.1 Å². The molecule has 2 rings (SSSR count). The first-order chi connectivity index (χ1) is 10.9. The van der Waals surface area contributed by atoms with Gasteiger partial charge in [-0.15, -0.1) is 12.4 Å². The zero-order valence-corrected chi connectivity index (χ0v) is 15.1. The number of nitrogens with one attached hydrogen (secondary N) is 1. The van der Waals surface area contributed by atoms with E-state index >= 15 is 0 Å². The number of rotatable bonds is 6. The Labute approximate surface area is 148 Å². The van der Waals surface area contributed by atoms with Crippen LogP contribution in [0.1, 0.15) is 32.1 Å². The highest BCUT2D eigenvalue weighted by molar-refractivity contribution is 7.89. The maximum Gasteiger partial charge on any atom is 0.350 e. The first-order valence-electron chi connectivity index (χ1n) is 8.11. The van der Waals surface area contributed by atoms with E-state index in [1.807, 2.05) is 0 Å². The Kier molecular flexibility index (Phi) is 8.31. The largest absolute Gasteiger partial charge is 0.356 e. The van der Waals surface area contributed by atoms with Gasteiger partial charge in [0.15, 0.2) is 0 Å². The van der Waals surface area contributed by atoms with Gasteiger partial charge < -0.3 is 11.1 Å². The van der Waals surface area contributed by atoms with Crippen LogP contribution in [-0.4, -0.2) is 50.6 Å². The lowest BCUT2D eigenvalue weighted by Gasteiger charge is -2.31. The third kappa shape index (κ3) is 5.00. The Morgan fingerprint density at radius 3 is 2.38 bits per heavy atom. The first kappa shape index (κ1) is 21.5. The molecule has 0 aromatic rings. The summed E-state index contributed by atoms with van der Waals surface area (Å²) in [6, 6.07) is 0. The molecule has 0 unspecified atom stereocenters. The zero-order valence-electron chi connectivity index (χ0n) is 13.5. The van der Waals surface area contributed by atoms with E-state index in [4.69, 9.17) is 5.73 Å². The third-order valence-corrected chi connectivity index (χ3v) is 6.56. The van der Waals surface area contributed by atoms with Crippen LogP contribution in [0.3, 0.4) is 0 Å². The van der Waals surface area contributed by atoms with Crippen molar-refractivity contribution in [3.63, 3.8) is 0 Å². The van der Waals surface area contributed by atoms with Crippen LogP contribution in [0.15, 0.2) is 0 Å². The molecule has 1 aliphatic carbocycles. The summed E-state index contributed by atoms with van der Waals surface area (Å²) in [4.78, 5) is 12.2. The lowest BCUT2D eigenvalue weighted by molar-refractivity contribution is -0.126. The van der Waals surface area contributed by atoms with Crippen molar-refractivity contribution in [2.24, 2.45) is 23.5 Å². The lowest BCUT2D eigenvalue weighted by atomic mass is 9.94. The van der Waals surface area contributed by atoms with Crippen molar-refractivity contribution < 1.29 is 22.0 Å². The molecule has 2 fully saturated rings. The van der Waals surface area contributed by atoms with Gasteiger partial charge in [0, 0.05) is 25.6 Å². The molecule has 142 valence electrons. The summed E-state index contributed by atoms with van der Waals surface area (Å²) in [7, 11) is -4.48. The number of nitrogens with zero attached hydrogens (tertiary/aromatic N) is 1. The summed E-state index contributed by atoms with van der Waals surface area (Å²) >= 11 is 0. The second-order valence-corrected chi connectivity index (χ2v) is 8.33. The molecular weight excluding hydrogens is 364 g/mol. The van der Waals surface area contributed by atoms with Gasteiger partial charge in [-0.3, -0.25) is 4.79 Å². The monoisotopic (exact) mass is 389 g/mol. The molecule has 1 saturated carbocycles. The van der Waals surface area contributed by atoms with Crippen molar-refractivity contribution in [2.75, 3.05) is 26.2 Å². The summed E-state index contributed by atoms with van der Waals surface area (Å²) in [5, 5.41) is 2.92. The SMILES string of the molecule is Cl.NC[C@H]1CCC[C@H]1C(=O)NCC1CCN(S(=O)(=O)C(F)F)CC1. The predicted octanol–water partition coefficient (Wildman–Crippen LogP) is 1.16. The fourth-order valence-corrected chi connectivity index (χ4v) is 4.47. The number of alkyl halides is 2. The van der Waals surface area contributed by atoms with Crippen LogP contribution in [0.25, 0.3) is 0 Å². The van der Waals surface area contributed by atoms with Gasteiger partial charge in [0.2, 0.25) is 5.91 Å². The first-order valence-corrected chi connectivity index (χ1v) is 9.61. The number of piperidine rings is 1. The van der Waals surface area contributed by atoms with Crippen LogP contribution in [-0.2, 0) is 14.8 Å². The van der Waals surface area contributed by atoms with Gasteiger partial charge in [-0.25, -0.2) is 8.42 Å². The number of carbonyl (C=O) groups excluding carboxylic acids is 1. The van der Waals surface area contributed by atoms with Crippen LogP contribution in [0.2, 0.25) is 0 Å². The van der Waals surface area contributed by atoms with E-state index in [0.717, 1.165) is 23.6 Å². The molecule has 6 nitrogen and oxygen atoms in total. The fraction of sp³-hybridized carbons (Fsp3) is 0.929. The Hall–Kier alpha value is -0.510. The number of carbonyl (C=O) groups is 1. The number of hydrogen-bond donors (Lipinski definition) is 2. The average Bonchev–Trinajstić information content (AvgIpc) is 3.01. The molecule has 1 saturated heterocycles. The van der Waals surface area contributed by atoms with Crippen molar-refractivity contribution in [3.05, 3.63) is 0 Å². The molecule has 1 heterocycles. The van der Waals surface area contributed by atoms with E-state index in [1.165, 1.54) is 0 Å². The van der Waals surface area contributed by atoms with Gasteiger partial charge in [-0.05, 0) is 44.1 Å². The van der Waals surface area contributed by atoms with E-state index in [-0.39, 0.29) is 49.2 Å². The van der Waals surface area contributed by atoms with Crippen molar-refractivity contribution in [2.45, 2.75) is 37.9 Å². The van der Waals surface area contributed by atoms with Crippen molar-refractivity contribution >= 4 is 28.3 Å². The van der Waals surface area contributed by atoms with E-state index in [1.54, 1.807) is 0 Å². The maximum absolute atomic E-state index is 12.5. The predicted molar refractivity (Wildman–Crippen MR) is 89.4 cm³/mol. The maximum atomic E-state index is 12.5. The number of halogens is 3. The summed E-state index contributed by atoms with van der Waals surface area (Å²) < 4.78 is 48.6. The third-order valence-electron chi connectivity index (χ3n) is 5.02. The molecule has 0 aromatic carbocycles. The molecule has 0 radical (unpaired) electrons. The topological polar surface area (TPSA) is 92.5 Å². The summed E-state index contributed by atoms with van der Waals surface area (Å²) in [6.45, 7) is 1.15. The molecule has 10 heteroatoms. The molecular formula is C14H26ClF2N3O3S. The van der Waals surface area contributed by atoms with Gasteiger partial charge >= 0.3 is 5.76 Å². The highest BCUT2D eigenvalue weighted by atomic mass is 35.5. The molecule has 1 amide bonds. The van der Waals surface area contributed by atoms with Gasteiger partial charge in [-0.1, -0.05) is 6.42 Å². The van der Waals surface area contributed by atoms with Crippen LogP contribution < -0.4 is 11.1 Å². The van der Waals surface area contributed by atoms with Crippen LogP contribution in [0.5, 0.6) is 0 Å². The number of amides is 1. The average molecular weight is 390 g/mol. The minimum absolute atomic E-state index is 0. The van der Waals surface area contributed by atoms with E-state index in [2.05, 4.69) is 5.32 Å². The van der Waals surface area contributed by atoms with Crippen molar-refractivity contribution in [1.82, 2.24) is 9.62 Å². The summed E-state index contributed by atoms with van der Waals surface area (Å²) in [6.07, 6.45) is 3.83. The van der Waals surface area contributed by atoms with Crippen LogP contribution in [0, 0.1) is 17.8 Å². The van der Waals surface area contributed by atoms with Gasteiger partial charge in [0.05, 0.1) is 0 Å². The Morgan fingerprint density at radius 1 is 1.21 bits per heavy atom. The Bertz CT molecular complexity index is 513. The molecule has 1 aliphatic heterocycles. The molecule has 3 N–H and O–H groups in total. The molecule has 2 aliphatic rings. The van der Waals surface area contributed by atoms with Crippen LogP contribution in [0.4, 0.5) is 8.78 Å². The smallest absolute Gasteiger partial charge is 0.350 e. The van der Waals surface area contributed by atoms with Crippen LogP contribution >= 0.6 is 12.4 Å². The van der Waals surface area contributed by atoms with Gasteiger partial charge in [0.1, 0.15) is 0 Å². The van der Waals surface area contributed by atoms with Crippen molar-refractivity contribution in [3.8, 4) is 0 Å². The molecule has 2 atom stereocenters. The van der Waals surface area contributed by atoms with E-state index < -0.39 is 15.8 Å². The standard InChI is InChI=1S/C14H25F2N3O3S.ClH/c15-14(16)23(21,22)19-6-4-10(5-7-19)9-18-13(20)12-3-1-2-11(12)8-17;/h10-12,14H,1-9,17H2,(H,18,20);1H/t11-,12-;/m1./s1. The second-order valence-electron chi connectivity index (χ2n) is 6.43. The number of sulfonamides is 1. The highest BCUT2D eigenvalue weighted by Gasteiger charge is 2.35. The summed E-state index contributed by atoms with van der Waals surface area (Å²) in [5.41, 5.74) is 5.68.